The molecule has 0 amide bonds. The Kier molecular flexibility index (Phi) is 5.56. The average Bonchev–Trinajstić information content (AvgIpc) is 2.84. The van der Waals surface area contributed by atoms with Gasteiger partial charge in [0.15, 0.2) is 0 Å². The Morgan fingerprint density at radius 2 is 2.08 bits per heavy atom. The molecule has 4 heteroatoms. The van der Waals surface area contributed by atoms with Crippen LogP contribution < -0.4 is 4.74 Å². The number of hydrogen-bond acceptors (Lipinski definition) is 3. The number of aryl methyl sites for hydroxylation is 2. The molecular weight excluding hydrogens is 298 g/mol. The van der Waals surface area contributed by atoms with Gasteiger partial charge in [0, 0.05) is 43.5 Å². The maximum absolute atomic E-state index is 6.32. The molecule has 0 saturated carbocycles. The summed E-state index contributed by atoms with van der Waals surface area (Å²) < 4.78 is 8.35. The van der Waals surface area contributed by atoms with Crippen molar-refractivity contribution < 1.29 is 4.74 Å². The number of nitrogens with zero attached hydrogens (tertiary/aromatic N) is 3. The van der Waals surface area contributed by atoms with Gasteiger partial charge in [0.1, 0.15) is 11.9 Å². The molecule has 2 aromatic rings. The first-order chi connectivity index (χ1) is 11.7. The first kappa shape index (κ1) is 17.0. The summed E-state index contributed by atoms with van der Waals surface area (Å²) in [7, 11) is 0. The highest BCUT2D eigenvalue weighted by Crippen LogP contribution is 2.27. The van der Waals surface area contributed by atoms with Crippen molar-refractivity contribution in [2.45, 2.75) is 65.8 Å². The van der Waals surface area contributed by atoms with Crippen LogP contribution in [0.25, 0.3) is 0 Å². The van der Waals surface area contributed by atoms with Crippen LogP contribution in [-0.4, -0.2) is 27.3 Å². The molecule has 4 nitrogen and oxygen atoms in total. The minimum absolute atomic E-state index is 0.273. The smallest absolute Gasteiger partial charge is 0.124 e. The van der Waals surface area contributed by atoms with Crippen LogP contribution >= 0.6 is 0 Å². The summed E-state index contributed by atoms with van der Waals surface area (Å²) >= 11 is 0. The summed E-state index contributed by atoms with van der Waals surface area (Å²) in [6.45, 7) is 10.3. The van der Waals surface area contributed by atoms with E-state index in [0.29, 0.717) is 0 Å². The molecule has 0 N–H and O–H groups in total. The van der Waals surface area contributed by atoms with Gasteiger partial charge in [-0.1, -0.05) is 31.5 Å². The minimum Gasteiger partial charge on any atom is -0.489 e. The molecule has 1 atom stereocenters. The van der Waals surface area contributed by atoms with Crippen molar-refractivity contribution in [1.29, 1.82) is 0 Å². The highest BCUT2D eigenvalue weighted by atomic mass is 16.5. The predicted octanol–water partition coefficient (Wildman–Crippen LogP) is 4.16. The van der Waals surface area contributed by atoms with Gasteiger partial charge in [-0.15, -0.1) is 0 Å². The van der Waals surface area contributed by atoms with E-state index in [1.807, 2.05) is 4.68 Å². The fraction of sp³-hybridized carbons (Fsp3) is 0.550. The van der Waals surface area contributed by atoms with Gasteiger partial charge >= 0.3 is 0 Å². The van der Waals surface area contributed by atoms with E-state index in [1.54, 1.807) is 0 Å². The number of ether oxygens (including phenoxy) is 1. The SMILES string of the molecule is CCCC[C@@H]1CN(Cc2cn(CC)nc2C)Cc2ccccc2O1. The Balaban J connectivity index is 1.79. The van der Waals surface area contributed by atoms with E-state index in [0.717, 1.165) is 44.0 Å². The number of rotatable bonds is 6. The summed E-state index contributed by atoms with van der Waals surface area (Å²) in [6, 6.07) is 8.47. The molecule has 1 aliphatic rings. The first-order valence-electron chi connectivity index (χ1n) is 9.19. The second kappa shape index (κ2) is 7.84. The van der Waals surface area contributed by atoms with Crippen molar-refractivity contribution in [2.24, 2.45) is 0 Å². The molecule has 24 heavy (non-hydrogen) atoms. The Labute approximate surface area is 145 Å². The molecule has 0 bridgehead atoms. The minimum atomic E-state index is 0.273. The van der Waals surface area contributed by atoms with Crippen molar-refractivity contribution in [3.05, 3.63) is 47.3 Å². The molecule has 3 rings (SSSR count). The zero-order valence-electron chi connectivity index (χ0n) is 15.2. The van der Waals surface area contributed by atoms with Gasteiger partial charge in [-0.3, -0.25) is 9.58 Å². The molecule has 1 aromatic carbocycles. The van der Waals surface area contributed by atoms with Crippen molar-refractivity contribution in [3.8, 4) is 5.75 Å². The molecule has 0 radical (unpaired) electrons. The Hall–Kier alpha value is -1.81. The topological polar surface area (TPSA) is 30.3 Å². The number of para-hydroxylation sites is 1. The molecular formula is C20H29N3O. The van der Waals surface area contributed by atoms with Crippen LogP contribution in [0, 0.1) is 6.92 Å². The fourth-order valence-electron chi connectivity index (χ4n) is 3.38. The fourth-order valence-corrected chi connectivity index (χ4v) is 3.38. The van der Waals surface area contributed by atoms with Crippen LogP contribution in [0.5, 0.6) is 5.75 Å². The van der Waals surface area contributed by atoms with E-state index >= 15 is 0 Å². The number of fused-ring (bicyclic) bond motifs is 1. The van der Waals surface area contributed by atoms with E-state index in [1.165, 1.54) is 24.0 Å². The quantitative estimate of drug-likeness (QED) is 0.798. The highest BCUT2D eigenvalue weighted by molar-refractivity contribution is 5.34. The number of aromatic nitrogens is 2. The summed E-state index contributed by atoms with van der Waals surface area (Å²) in [5, 5.41) is 4.59. The van der Waals surface area contributed by atoms with Crippen LogP contribution in [0.4, 0.5) is 0 Å². The van der Waals surface area contributed by atoms with E-state index in [9.17, 15) is 0 Å². The third kappa shape index (κ3) is 3.99. The van der Waals surface area contributed by atoms with Gasteiger partial charge in [0.2, 0.25) is 0 Å². The standard InChI is InChI=1S/C20H29N3O/c1-4-6-10-19-15-22(12-17-9-7-8-11-20(17)24-19)13-18-14-23(5-2)21-16(18)3/h7-9,11,14,19H,4-6,10,12-13,15H2,1-3H3/t19-/m1/s1. The molecule has 2 heterocycles. The van der Waals surface area contributed by atoms with Crippen molar-refractivity contribution in [2.75, 3.05) is 6.54 Å². The number of unbranched alkanes of at least 4 members (excludes halogenated alkanes) is 1. The molecule has 1 aromatic heterocycles. The van der Waals surface area contributed by atoms with Crippen LogP contribution in [0.1, 0.15) is 49.9 Å². The lowest BCUT2D eigenvalue weighted by Gasteiger charge is -2.23. The number of hydrogen-bond donors (Lipinski definition) is 0. The Bertz CT molecular complexity index is 665. The lowest BCUT2D eigenvalue weighted by molar-refractivity contribution is 0.133. The van der Waals surface area contributed by atoms with Crippen molar-refractivity contribution in [1.82, 2.24) is 14.7 Å². The van der Waals surface area contributed by atoms with E-state index in [-0.39, 0.29) is 6.10 Å². The predicted molar refractivity (Wildman–Crippen MR) is 97.1 cm³/mol. The van der Waals surface area contributed by atoms with Gasteiger partial charge in [0.05, 0.1) is 5.69 Å². The van der Waals surface area contributed by atoms with Gasteiger partial charge < -0.3 is 4.74 Å². The lowest BCUT2D eigenvalue weighted by Crippen LogP contribution is -2.32. The van der Waals surface area contributed by atoms with Gasteiger partial charge in [-0.05, 0) is 32.8 Å². The molecule has 0 unspecified atom stereocenters. The van der Waals surface area contributed by atoms with Crippen LogP contribution in [0.2, 0.25) is 0 Å². The summed E-state index contributed by atoms with van der Waals surface area (Å²) in [4.78, 5) is 2.51. The molecule has 0 fully saturated rings. The highest BCUT2D eigenvalue weighted by Gasteiger charge is 2.23. The van der Waals surface area contributed by atoms with Crippen molar-refractivity contribution >= 4 is 0 Å². The van der Waals surface area contributed by atoms with E-state index in [2.05, 4.69) is 61.2 Å². The van der Waals surface area contributed by atoms with Crippen LogP contribution in [-0.2, 0) is 19.6 Å². The zero-order chi connectivity index (χ0) is 16.9. The lowest BCUT2D eigenvalue weighted by atomic mass is 10.1. The molecule has 130 valence electrons. The Morgan fingerprint density at radius 3 is 2.83 bits per heavy atom. The van der Waals surface area contributed by atoms with E-state index < -0.39 is 0 Å². The number of benzene rings is 1. The summed E-state index contributed by atoms with van der Waals surface area (Å²) in [5.41, 5.74) is 3.75. The molecule has 0 spiro atoms. The van der Waals surface area contributed by atoms with Crippen LogP contribution in [0.15, 0.2) is 30.5 Å². The second-order valence-corrected chi connectivity index (χ2v) is 6.75. The van der Waals surface area contributed by atoms with Gasteiger partial charge in [0.25, 0.3) is 0 Å². The monoisotopic (exact) mass is 327 g/mol. The molecule has 0 aliphatic carbocycles. The molecule has 0 saturated heterocycles. The average molecular weight is 327 g/mol. The van der Waals surface area contributed by atoms with Gasteiger partial charge in [-0.25, -0.2) is 0 Å². The summed E-state index contributed by atoms with van der Waals surface area (Å²) in [5.74, 6) is 1.06. The zero-order valence-corrected chi connectivity index (χ0v) is 15.2. The second-order valence-electron chi connectivity index (χ2n) is 6.75. The van der Waals surface area contributed by atoms with Crippen LogP contribution in [0.3, 0.4) is 0 Å². The van der Waals surface area contributed by atoms with Crippen molar-refractivity contribution in [3.63, 3.8) is 0 Å². The molecule has 1 aliphatic heterocycles. The first-order valence-corrected chi connectivity index (χ1v) is 9.19. The third-order valence-corrected chi connectivity index (χ3v) is 4.77. The maximum atomic E-state index is 6.32. The third-order valence-electron chi connectivity index (χ3n) is 4.77. The summed E-state index contributed by atoms with van der Waals surface area (Å²) in [6.07, 6.45) is 6.01. The van der Waals surface area contributed by atoms with Gasteiger partial charge in [-0.2, -0.15) is 5.10 Å². The van der Waals surface area contributed by atoms with E-state index in [4.69, 9.17) is 4.74 Å². The largest absolute Gasteiger partial charge is 0.489 e. The normalized spacial score (nSPS) is 18.0. The maximum Gasteiger partial charge on any atom is 0.124 e. The Morgan fingerprint density at radius 1 is 1.25 bits per heavy atom.